The lowest BCUT2D eigenvalue weighted by Crippen LogP contribution is -2.11. The molecule has 0 fully saturated rings. The summed E-state index contributed by atoms with van der Waals surface area (Å²) in [6.45, 7) is 3.61. The van der Waals surface area contributed by atoms with Crippen LogP contribution in [0.1, 0.15) is 11.1 Å². The molecular weight excluding hydrogens is 284 g/mol. The van der Waals surface area contributed by atoms with Crippen molar-refractivity contribution in [2.45, 2.75) is 18.7 Å². The second kappa shape index (κ2) is 5.23. The average molecular weight is 297 g/mol. The quantitative estimate of drug-likeness (QED) is 0.811. The highest BCUT2D eigenvalue weighted by atomic mass is 35.5. The van der Waals surface area contributed by atoms with Gasteiger partial charge in [-0.15, -0.1) is 0 Å². The monoisotopic (exact) mass is 296 g/mol. The molecular formula is C14H13ClO3S. The van der Waals surface area contributed by atoms with Gasteiger partial charge in [0.2, 0.25) is 0 Å². The van der Waals surface area contributed by atoms with Crippen molar-refractivity contribution in [1.82, 2.24) is 0 Å². The van der Waals surface area contributed by atoms with Gasteiger partial charge in [-0.2, -0.15) is 8.42 Å². The highest BCUT2D eigenvalue weighted by Gasteiger charge is 2.18. The van der Waals surface area contributed by atoms with Crippen molar-refractivity contribution < 1.29 is 12.6 Å². The second-order valence-corrected chi connectivity index (χ2v) is 6.20. The van der Waals surface area contributed by atoms with Crippen LogP contribution in [0.25, 0.3) is 0 Å². The first-order valence-corrected chi connectivity index (χ1v) is 7.45. The molecule has 0 amide bonds. The topological polar surface area (TPSA) is 43.4 Å². The summed E-state index contributed by atoms with van der Waals surface area (Å²) in [6, 6.07) is 11.3. The van der Waals surface area contributed by atoms with Gasteiger partial charge in [-0.3, -0.25) is 0 Å². The van der Waals surface area contributed by atoms with Gasteiger partial charge in [-0.1, -0.05) is 29.8 Å². The molecule has 0 aliphatic rings. The zero-order chi connectivity index (χ0) is 14.0. The molecule has 0 saturated carbocycles. The van der Waals surface area contributed by atoms with E-state index in [0.29, 0.717) is 10.8 Å². The molecule has 0 bridgehead atoms. The Balaban J connectivity index is 2.39. The van der Waals surface area contributed by atoms with Crippen LogP contribution in [0, 0.1) is 13.8 Å². The fourth-order valence-electron chi connectivity index (χ4n) is 1.69. The van der Waals surface area contributed by atoms with Crippen LogP contribution in [-0.4, -0.2) is 8.42 Å². The summed E-state index contributed by atoms with van der Waals surface area (Å²) in [5, 5.41) is 0.478. The Hall–Kier alpha value is -1.52. The van der Waals surface area contributed by atoms with E-state index in [4.69, 9.17) is 15.8 Å². The maximum Gasteiger partial charge on any atom is 0.339 e. The molecule has 2 rings (SSSR count). The van der Waals surface area contributed by atoms with Gasteiger partial charge < -0.3 is 4.18 Å². The number of rotatable bonds is 3. The van der Waals surface area contributed by atoms with Crippen molar-refractivity contribution >= 4 is 21.7 Å². The van der Waals surface area contributed by atoms with Gasteiger partial charge in [0.05, 0.1) is 0 Å². The molecule has 100 valence electrons. The van der Waals surface area contributed by atoms with Crippen LogP contribution in [0.5, 0.6) is 5.75 Å². The van der Waals surface area contributed by atoms with Crippen LogP contribution in [0.3, 0.4) is 0 Å². The van der Waals surface area contributed by atoms with E-state index in [1.807, 2.05) is 6.07 Å². The summed E-state index contributed by atoms with van der Waals surface area (Å²) in [5.41, 5.74) is 1.55. The summed E-state index contributed by atoms with van der Waals surface area (Å²) in [4.78, 5) is 0.0829. The van der Waals surface area contributed by atoms with E-state index in [-0.39, 0.29) is 4.90 Å². The van der Waals surface area contributed by atoms with Crippen molar-refractivity contribution in [3.63, 3.8) is 0 Å². The van der Waals surface area contributed by atoms with E-state index in [9.17, 15) is 8.42 Å². The second-order valence-electron chi connectivity index (χ2n) is 4.21. The molecule has 0 unspecified atom stereocenters. The minimum Gasteiger partial charge on any atom is -0.378 e. The zero-order valence-electron chi connectivity index (χ0n) is 10.6. The molecule has 3 nitrogen and oxygen atoms in total. The summed E-state index contributed by atoms with van der Waals surface area (Å²) in [5.74, 6) is 0.373. The maximum absolute atomic E-state index is 12.2. The molecule has 2 aromatic carbocycles. The number of para-hydroxylation sites is 1. The lowest BCUT2D eigenvalue weighted by molar-refractivity contribution is 0.482. The van der Waals surface area contributed by atoms with Crippen LogP contribution in [0.2, 0.25) is 5.02 Å². The third-order valence-corrected chi connectivity index (χ3v) is 4.19. The van der Waals surface area contributed by atoms with E-state index in [2.05, 4.69) is 0 Å². The molecule has 0 radical (unpaired) electrons. The third kappa shape index (κ3) is 3.08. The van der Waals surface area contributed by atoms with Gasteiger partial charge in [-0.05, 0) is 49.2 Å². The number of benzene rings is 2. The molecule has 0 N–H and O–H groups in total. The summed E-state index contributed by atoms with van der Waals surface area (Å²) < 4.78 is 29.5. The lowest BCUT2D eigenvalue weighted by Gasteiger charge is -2.11. The number of hydrogen-bond acceptors (Lipinski definition) is 3. The molecule has 0 aliphatic carbocycles. The van der Waals surface area contributed by atoms with Gasteiger partial charge in [0, 0.05) is 5.02 Å². The summed E-state index contributed by atoms with van der Waals surface area (Å²) in [7, 11) is -3.83. The van der Waals surface area contributed by atoms with E-state index < -0.39 is 10.1 Å². The van der Waals surface area contributed by atoms with Crippen LogP contribution >= 0.6 is 11.6 Å². The van der Waals surface area contributed by atoms with Gasteiger partial charge in [0.1, 0.15) is 10.6 Å². The van der Waals surface area contributed by atoms with Gasteiger partial charge in [0.15, 0.2) is 0 Å². The fourth-order valence-corrected chi connectivity index (χ4v) is 2.86. The van der Waals surface area contributed by atoms with Crippen LogP contribution in [0.4, 0.5) is 0 Å². The Morgan fingerprint density at radius 2 is 1.47 bits per heavy atom. The molecule has 19 heavy (non-hydrogen) atoms. The smallest absolute Gasteiger partial charge is 0.339 e. The van der Waals surface area contributed by atoms with Crippen molar-refractivity contribution in [3.05, 3.63) is 58.6 Å². The number of aryl methyl sites for hydroxylation is 2. The molecule has 0 spiro atoms. The minimum atomic E-state index is -3.83. The first kappa shape index (κ1) is 13.9. The molecule has 0 heterocycles. The maximum atomic E-state index is 12.2. The van der Waals surface area contributed by atoms with E-state index in [1.165, 1.54) is 24.3 Å². The SMILES string of the molecule is Cc1cccc(C)c1OS(=O)(=O)c1ccc(Cl)cc1. The van der Waals surface area contributed by atoms with E-state index >= 15 is 0 Å². The van der Waals surface area contributed by atoms with Crippen LogP contribution in [0.15, 0.2) is 47.4 Å². The Kier molecular flexibility index (Phi) is 3.83. The molecule has 0 saturated heterocycles. The first-order chi connectivity index (χ1) is 8.90. The molecule has 0 atom stereocenters. The van der Waals surface area contributed by atoms with Gasteiger partial charge in [-0.25, -0.2) is 0 Å². The Morgan fingerprint density at radius 3 is 2.00 bits per heavy atom. The van der Waals surface area contributed by atoms with Crippen molar-refractivity contribution in [3.8, 4) is 5.75 Å². The predicted octanol–water partition coefficient (Wildman–Crippen LogP) is 3.72. The van der Waals surface area contributed by atoms with E-state index in [1.54, 1.807) is 26.0 Å². The Morgan fingerprint density at radius 1 is 0.947 bits per heavy atom. The van der Waals surface area contributed by atoms with Crippen molar-refractivity contribution in [2.24, 2.45) is 0 Å². The molecule has 0 aromatic heterocycles. The molecule has 0 aliphatic heterocycles. The Labute approximate surface area is 117 Å². The van der Waals surface area contributed by atoms with Gasteiger partial charge >= 0.3 is 10.1 Å². The van der Waals surface area contributed by atoms with E-state index in [0.717, 1.165) is 11.1 Å². The molecule has 5 heteroatoms. The standard InChI is InChI=1S/C14H13ClO3S/c1-10-4-3-5-11(2)14(10)18-19(16,17)13-8-6-12(15)7-9-13/h3-9H,1-2H3. The number of halogens is 1. The fraction of sp³-hybridized carbons (Fsp3) is 0.143. The number of hydrogen-bond donors (Lipinski definition) is 0. The Bertz CT molecular complexity index is 671. The highest BCUT2D eigenvalue weighted by molar-refractivity contribution is 7.87. The third-order valence-electron chi connectivity index (χ3n) is 2.70. The normalized spacial score (nSPS) is 11.3. The minimum absolute atomic E-state index is 0.0829. The van der Waals surface area contributed by atoms with Crippen LogP contribution in [-0.2, 0) is 10.1 Å². The van der Waals surface area contributed by atoms with Crippen LogP contribution < -0.4 is 4.18 Å². The summed E-state index contributed by atoms with van der Waals surface area (Å²) >= 11 is 5.74. The van der Waals surface area contributed by atoms with Gasteiger partial charge in [0.25, 0.3) is 0 Å². The van der Waals surface area contributed by atoms with Crippen molar-refractivity contribution in [2.75, 3.05) is 0 Å². The van der Waals surface area contributed by atoms with Crippen molar-refractivity contribution in [1.29, 1.82) is 0 Å². The summed E-state index contributed by atoms with van der Waals surface area (Å²) in [6.07, 6.45) is 0. The first-order valence-electron chi connectivity index (χ1n) is 5.66. The zero-order valence-corrected chi connectivity index (χ0v) is 12.1. The largest absolute Gasteiger partial charge is 0.378 e. The predicted molar refractivity (Wildman–Crippen MR) is 75.2 cm³/mol. The lowest BCUT2D eigenvalue weighted by atomic mass is 10.1. The highest BCUT2D eigenvalue weighted by Crippen LogP contribution is 2.26. The average Bonchev–Trinajstić information content (AvgIpc) is 2.35. The molecule has 2 aromatic rings.